The van der Waals surface area contributed by atoms with Gasteiger partial charge in [-0.15, -0.1) is 0 Å². The number of hydrogen-bond donors (Lipinski definition) is 4. The van der Waals surface area contributed by atoms with Gasteiger partial charge in [-0.3, -0.25) is 19.2 Å². The van der Waals surface area contributed by atoms with E-state index in [0.717, 1.165) is 22.3 Å². The summed E-state index contributed by atoms with van der Waals surface area (Å²) >= 11 is 0. The second kappa shape index (κ2) is 15.6. The summed E-state index contributed by atoms with van der Waals surface area (Å²) in [5, 5.41) is 11.6. The Balaban J connectivity index is 1.05. The molecule has 5 rings (SSSR count). The van der Waals surface area contributed by atoms with Gasteiger partial charge in [0.1, 0.15) is 0 Å². The molecule has 4 N–H and O–H groups in total. The van der Waals surface area contributed by atoms with Crippen LogP contribution in [0.15, 0.2) is 133 Å². The second-order valence-electron chi connectivity index (χ2n) is 10.7. The molecule has 0 atom stereocenters. The average molecular weight is 611 g/mol. The number of benzene rings is 5. The minimum Gasteiger partial charge on any atom is -0.348 e. The molecule has 8 nitrogen and oxygen atoms in total. The van der Waals surface area contributed by atoms with Crippen LogP contribution in [0.4, 0.5) is 0 Å². The lowest BCUT2D eigenvalue weighted by Crippen LogP contribution is -2.25. The molecule has 230 valence electrons. The van der Waals surface area contributed by atoms with E-state index in [1.54, 1.807) is 48.5 Å². The molecule has 5 aromatic rings. The molecule has 0 aliphatic carbocycles. The molecule has 0 saturated carbocycles. The van der Waals surface area contributed by atoms with Crippen molar-refractivity contribution in [1.82, 2.24) is 21.3 Å². The van der Waals surface area contributed by atoms with Crippen LogP contribution in [0.3, 0.4) is 0 Å². The zero-order valence-corrected chi connectivity index (χ0v) is 25.2. The predicted octanol–water partition coefficient (Wildman–Crippen LogP) is 5.41. The maximum atomic E-state index is 12.8. The van der Waals surface area contributed by atoms with Crippen LogP contribution in [-0.2, 0) is 26.2 Å². The summed E-state index contributed by atoms with van der Waals surface area (Å²) in [5.74, 6) is -0.845. The highest BCUT2D eigenvalue weighted by molar-refractivity contribution is 5.99. The van der Waals surface area contributed by atoms with Crippen LogP contribution in [0, 0.1) is 0 Å². The molecule has 0 radical (unpaired) electrons. The molecule has 0 saturated heterocycles. The first-order valence-corrected chi connectivity index (χ1v) is 14.9. The van der Waals surface area contributed by atoms with Gasteiger partial charge in [0.15, 0.2) is 0 Å². The lowest BCUT2D eigenvalue weighted by molar-refractivity contribution is 0.0938. The van der Waals surface area contributed by atoms with E-state index in [4.69, 9.17) is 0 Å². The molecule has 0 fully saturated rings. The fourth-order valence-corrected chi connectivity index (χ4v) is 4.67. The van der Waals surface area contributed by atoms with Crippen LogP contribution in [0.1, 0.15) is 63.7 Å². The Morgan fingerprint density at radius 2 is 0.587 bits per heavy atom. The zero-order valence-electron chi connectivity index (χ0n) is 25.2. The lowest BCUT2D eigenvalue weighted by atomic mass is 10.1. The lowest BCUT2D eigenvalue weighted by Gasteiger charge is -2.10. The zero-order chi connectivity index (χ0) is 32.1. The van der Waals surface area contributed by atoms with Crippen molar-refractivity contribution >= 4 is 23.6 Å². The van der Waals surface area contributed by atoms with Gasteiger partial charge in [0.2, 0.25) is 0 Å². The van der Waals surface area contributed by atoms with E-state index in [9.17, 15) is 19.2 Å². The van der Waals surface area contributed by atoms with Crippen molar-refractivity contribution in [3.05, 3.63) is 178 Å². The minimum absolute atomic E-state index is 0.135. The van der Waals surface area contributed by atoms with E-state index < -0.39 is 0 Å². The van der Waals surface area contributed by atoms with Gasteiger partial charge in [-0.25, -0.2) is 0 Å². The van der Waals surface area contributed by atoms with Gasteiger partial charge in [0, 0.05) is 48.4 Å². The van der Waals surface area contributed by atoms with Crippen LogP contribution in [0.5, 0.6) is 0 Å². The fraction of sp³-hybridized carbons (Fsp3) is 0.105. The van der Waals surface area contributed by atoms with Crippen molar-refractivity contribution in [2.24, 2.45) is 0 Å². The third-order valence-electron chi connectivity index (χ3n) is 7.32. The summed E-state index contributed by atoms with van der Waals surface area (Å²) in [6.45, 7) is 1.43. The SMILES string of the molecule is O=C(NCc1ccc(CNC(=O)c2cccc(C(=O)NCc3ccc(CNC(=O)c4ccccc4)cc3)c2)cc1)c1ccccc1. The highest BCUT2D eigenvalue weighted by atomic mass is 16.2. The van der Waals surface area contributed by atoms with Gasteiger partial charge in [-0.1, -0.05) is 91.0 Å². The summed E-state index contributed by atoms with van der Waals surface area (Å²) in [4.78, 5) is 50.2. The molecule has 0 aliphatic heterocycles. The normalized spacial score (nSPS) is 10.4. The van der Waals surface area contributed by atoms with E-state index >= 15 is 0 Å². The van der Waals surface area contributed by atoms with E-state index in [0.29, 0.717) is 48.4 Å². The number of carbonyl (C=O) groups excluding carboxylic acids is 4. The quantitative estimate of drug-likeness (QED) is 0.151. The molecule has 5 aromatic carbocycles. The third-order valence-corrected chi connectivity index (χ3v) is 7.32. The Kier molecular flexibility index (Phi) is 10.7. The second-order valence-corrected chi connectivity index (χ2v) is 10.7. The van der Waals surface area contributed by atoms with Crippen molar-refractivity contribution in [2.75, 3.05) is 0 Å². The molecule has 0 bridgehead atoms. The molecule has 8 heteroatoms. The van der Waals surface area contributed by atoms with E-state index in [-0.39, 0.29) is 23.6 Å². The number of carbonyl (C=O) groups is 4. The monoisotopic (exact) mass is 610 g/mol. The van der Waals surface area contributed by atoms with Crippen LogP contribution in [0.25, 0.3) is 0 Å². The highest BCUT2D eigenvalue weighted by Gasteiger charge is 2.11. The Morgan fingerprint density at radius 3 is 0.891 bits per heavy atom. The Hall–Kier alpha value is -6.02. The number of amides is 4. The molecular weight excluding hydrogens is 576 g/mol. The summed E-state index contributed by atoms with van der Waals surface area (Å²) in [7, 11) is 0. The summed E-state index contributed by atoms with van der Waals surface area (Å²) < 4.78 is 0. The molecule has 46 heavy (non-hydrogen) atoms. The van der Waals surface area contributed by atoms with Gasteiger partial charge in [-0.05, 0) is 64.7 Å². The van der Waals surface area contributed by atoms with E-state index in [1.807, 2.05) is 84.9 Å². The van der Waals surface area contributed by atoms with Crippen molar-refractivity contribution < 1.29 is 19.2 Å². The van der Waals surface area contributed by atoms with Crippen molar-refractivity contribution in [2.45, 2.75) is 26.2 Å². The number of rotatable bonds is 12. The van der Waals surface area contributed by atoms with Gasteiger partial charge >= 0.3 is 0 Å². The molecule has 0 heterocycles. The van der Waals surface area contributed by atoms with E-state index in [2.05, 4.69) is 21.3 Å². The summed E-state index contributed by atoms with van der Waals surface area (Å²) in [6, 6.07) is 39.9. The van der Waals surface area contributed by atoms with Crippen molar-refractivity contribution in [3.8, 4) is 0 Å². The average Bonchev–Trinajstić information content (AvgIpc) is 3.12. The largest absolute Gasteiger partial charge is 0.348 e. The summed E-state index contributed by atoms with van der Waals surface area (Å²) in [6.07, 6.45) is 0. The number of hydrogen-bond acceptors (Lipinski definition) is 4. The van der Waals surface area contributed by atoms with Crippen LogP contribution >= 0.6 is 0 Å². The van der Waals surface area contributed by atoms with Gasteiger partial charge in [0.25, 0.3) is 23.6 Å². The summed E-state index contributed by atoms with van der Waals surface area (Å²) in [5.41, 5.74) is 5.69. The van der Waals surface area contributed by atoms with Gasteiger partial charge in [-0.2, -0.15) is 0 Å². The van der Waals surface area contributed by atoms with Crippen LogP contribution in [-0.4, -0.2) is 23.6 Å². The van der Waals surface area contributed by atoms with Crippen molar-refractivity contribution in [1.29, 1.82) is 0 Å². The first-order chi connectivity index (χ1) is 22.4. The van der Waals surface area contributed by atoms with Gasteiger partial charge in [0.05, 0.1) is 0 Å². The first-order valence-electron chi connectivity index (χ1n) is 14.9. The molecular formula is C38H34N4O4. The Labute approximate surface area is 267 Å². The maximum Gasteiger partial charge on any atom is 0.251 e. The molecule has 0 aromatic heterocycles. The molecule has 4 amide bonds. The third kappa shape index (κ3) is 9.00. The molecule has 0 unspecified atom stereocenters. The topological polar surface area (TPSA) is 116 Å². The standard InChI is InChI=1S/C38H34N4O4/c43-35(31-8-3-1-4-9-31)39-23-27-14-18-29(19-15-27)25-41-37(45)33-12-7-13-34(22-33)38(46)42-26-30-20-16-28(17-21-30)24-40-36(44)32-10-5-2-6-11-32/h1-22H,23-26H2,(H,39,43)(H,40,44)(H,41,45)(H,42,46). The molecule has 0 spiro atoms. The fourth-order valence-electron chi connectivity index (χ4n) is 4.67. The van der Waals surface area contributed by atoms with Gasteiger partial charge < -0.3 is 21.3 Å². The number of nitrogens with one attached hydrogen (secondary N) is 4. The highest BCUT2D eigenvalue weighted by Crippen LogP contribution is 2.10. The Morgan fingerprint density at radius 1 is 0.326 bits per heavy atom. The Bertz CT molecular complexity index is 1660. The minimum atomic E-state index is -0.288. The van der Waals surface area contributed by atoms with Crippen molar-refractivity contribution in [3.63, 3.8) is 0 Å². The van der Waals surface area contributed by atoms with E-state index in [1.165, 1.54) is 0 Å². The maximum absolute atomic E-state index is 12.8. The molecule has 0 aliphatic rings. The smallest absolute Gasteiger partial charge is 0.251 e. The first kappa shape index (κ1) is 31.4. The predicted molar refractivity (Wildman–Crippen MR) is 177 cm³/mol. The van der Waals surface area contributed by atoms with Crippen LogP contribution < -0.4 is 21.3 Å². The van der Waals surface area contributed by atoms with Crippen LogP contribution in [0.2, 0.25) is 0 Å².